The molecule has 0 spiro atoms. The lowest BCUT2D eigenvalue weighted by Crippen LogP contribution is -1.65. The van der Waals surface area contributed by atoms with Gasteiger partial charge in [0, 0.05) is 0 Å². The van der Waals surface area contributed by atoms with Gasteiger partial charge in [0.05, 0.1) is 0 Å². The molecule has 0 saturated carbocycles. The lowest BCUT2D eigenvalue weighted by molar-refractivity contribution is 1.50. The minimum Gasteiger partial charge on any atom is -0.0871 e. The molecule has 0 aliphatic heterocycles. The molecule has 1 aromatic rings. The Morgan fingerprint density at radius 2 is 1.31 bits per heavy atom. The van der Waals surface area contributed by atoms with E-state index in [-0.39, 0.29) is 0 Å². The van der Waals surface area contributed by atoms with Gasteiger partial charge < -0.3 is 0 Å². The summed E-state index contributed by atoms with van der Waals surface area (Å²) in [6.45, 7) is 10.0. The third kappa shape index (κ3) is 8.87. The second-order valence-electron chi connectivity index (χ2n) is 1.91. The lowest BCUT2D eigenvalue weighted by Gasteiger charge is -1.86. The topological polar surface area (TPSA) is 0 Å². The zero-order valence-corrected chi connectivity index (χ0v) is 9.54. The zero-order chi connectivity index (χ0) is 10.5. The van der Waals surface area contributed by atoms with Gasteiger partial charge in [-0.25, -0.2) is 0 Å². The Morgan fingerprint density at radius 1 is 0.846 bits per heavy atom. The Hall–Kier alpha value is -1.04. The maximum Gasteiger partial charge on any atom is -0.0260 e. The van der Waals surface area contributed by atoms with Crippen molar-refractivity contribution in [1.29, 1.82) is 0 Å². The molecule has 0 bridgehead atoms. The van der Waals surface area contributed by atoms with Gasteiger partial charge in [-0.15, -0.1) is 0 Å². The highest BCUT2D eigenvalue weighted by Crippen LogP contribution is 1.99. The number of allylic oxidation sites excluding steroid dienone is 1. The lowest BCUT2D eigenvalue weighted by atomic mass is 10.2. The molecule has 0 aromatic heterocycles. The maximum atomic E-state index is 2.08. The molecule has 0 saturated heterocycles. The van der Waals surface area contributed by atoms with Crippen LogP contribution in [0.3, 0.4) is 0 Å². The molecule has 1 aromatic carbocycles. The average molecular weight is 178 g/mol. The van der Waals surface area contributed by atoms with Crippen LogP contribution < -0.4 is 0 Å². The van der Waals surface area contributed by atoms with Crippen LogP contribution in [0, 0.1) is 0 Å². The largest absolute Gasteiger partial charge is 0.0871 e. The number of benzene rings is 1. The van der Waals surface area contributed by atoms with Crippen LogP contribution in [-0.4, -0.2) is 0 Å². The summed E-state index contributed by atoms with van der Waals surface area (Å²) in [4.78, 5) is 0. The molecule has 0 amide bonds. The van der Waals surface area contributed by atoms with Gasteiger partial charge >= 0.3 is 0 Å². The minimum absolute atomic E-state index is 1.26. The third-order valence-electron chi connectivity index (χ3n) is 1.16. The van der Waals surface area contributed by atoms with Gasteiger partial charge in [-0.1, -0.05) is 70.2 Å². The molecule has 74 valence electrons. The van der Waals surface area contributed by atoms with Crippen LogP contribution >= 0.6 is 0 Å². The van der Waals surface area contributed by atoms with E-state index in [1.165, 1.54) is 5.56 Å². The summed E-state index contributed by atoms with van der Waals surface area (Å²) in [5.74, 6) is 0. The molecule has 0 heterocycles. The van der Waals surface area contributed by atoms with Gasteiger partial charge in [0.25, 0.3) is 0 Å². The summed E-state index contributed by atoms with van der Waals surface area (Å²) in [7, 11) is 0. The Balaban J connectivity index is 0. The summed E-state index contributed by atoms with van der Waals surface area (Å²) in [6.07, 6.45) is 4.12. The smallest absolute Gasteiger partial charge is 0.0260 e. The molecule has 0 unspecified atom stereocenters. The van der Waals surface area contributed by atoms with Crippen LogP contribution in [-0.2, 0) is 0 Å². The van der Waals surface area contributed by atoms with Crippen molar-refractivity contribution in [2.45, 2.75) is 34.6 Å². The normalized spacial score (nSPS) is 8.08. The van der Waals surface area contributed by atoms with Gasteiger partial charge in [-0.05, 0) is 12.5 Å². The molecule has 13 heavy (non-hydrogen) atoms. The van der Waals surface area contributed by atoms with Crippen LogP contribution in [0.15, 0.2) is 36.4 Å². The predicted octanol–water partition coefficient (Wildman–Crippen LogP) is 4.77. The molecule has 0 atom stereocenters. The van der Waals surface area contributed by atoms with Crippen LogP contribution in [0.1, 0.15) is 40.2 Å². The fraction of sp³-hybridized carbons (Fsp3) is 0.385. The third-order valence-corrected chi connectivity index (χ3v) is 1.16. The SMILES string of the molecule is C/C=C\c1ccccc1.CC.CC. The monoisotopic (exact) mass is 178 g/mol. The molecule has 0 aliphatic carbocycles. The Bertz CT molecular complexity index is 184. The molecule has 0 heteroatoms. The Kier molecular flexibility index (Phi) is 15.1. The van der Waals surface area contributed by atoms with Gasteiger partial charge in [-0.3, -0.25) is 0 Å². The minimum atomic E-state index is 1.26. The van der Waals surface area contributed by atoms with E-state index in [0.29, 0.717) is 0 Å². The van der Waals surface area contributed by atoms with Gasteiger partial charge in [0.2, 0.25) is 0 Å². The van der Waals surface area contributed by atoms with Crippen molar-refractivity contribution in [3.63, 3.8) is 0 Å². The van der Waals surface area contributed by atoms with Crippen LogP contribution in [0.2, 0.25) is 0 Å². The van der Waals surface area contributed by atoms with E-state index in [9.17, 15) is 0 Å². The molecule has 0 N–H and O–H groups in total. The summed E-state index contributed by atoms with van der Waals surface area (Å²) >= 11 is 0. The molecular formula is C13H22. The number of hydrogen-bond acceptors (Lipinski definition) is 0. The van der Waals surface area contributed by atoms with Crippen molar-refractivity contribution in [2.24, 2.45) is 0 Å². The molecular weight excluding hydrogens is 156 g/mol. The first-order chi connectivity index (χ1) is 6.43. The van der Waals surface area contributed by atoms with Gasteiger partial charge in [0.15, 0.2) is 0 Å². The van der Waals surface area contributed by atoms with Crippen molar-refractivity contribution in [1.82, 2.24) is 0 Å². The standard InChI is InChI=1S/C9H10.2C2H6/c1-2-6-9-7-4-3-5-8-9;2*1-2/h2-8H,1H3;2*1-2H3/b6-2-;;. The molecule has 0 nitrogen and oxygen atoms in total. The van der Waals surface area contributed by atoms with Crippen molar-refractivity contribution in [3.8, 4) is 0 Å². The highest BCUT2D eigenvalue weighted by Gasteiger charge is 1.77. The van der Waals surface area contributed by atoms with E-state index in [2.05, 4.69) is 18.2 Å². The first kappa shape index (κ1) is 14.5. The summed E-state index contributed by atoms with van der Waals surface area (Å²) in [5.41, 5.74) is 1.26. The van der Waals surface area contributed by atoms with Crippen LogP contribution in [0.5, 0.6) is 0 Å². The van der Waals surface area contributed by atoms with Crippen molar-refractivity contribution >= 4 is 6.08 Å². The fourth-order valence-electron chi connectivity index (χ4n) is 0.757. The summed E-state index contributed by atoms with van der Waals surface area (Å²) in [6, 6.07) is 10.3. The molecule has 1 rings (SSSR count). The van der Waals surface area contributed by atoms with Gasteiger partial charge in [0.1, 0.15) is 0 Å². The van der Waals surface area contributed by atoms with E-state index >= 15 is 0 Å². The first-order valence-electron chi connectivity index (χ1n) is 5.11. The zero-order valence-electron chi connectivity index (χ0n) is 9.54. The van der Waals surface area contributed by atoms with Crippen LogP contribution in [0.4, 0.5) is 0 Å². The van der Waals surface area contributed by atoms with E-state index in [0.717, 1.165) is 0 Å². The highest BCUT2D eigenvalue weighted by atomic mass is 13.8. The second-order valence-corrected chi connectivity index (χ2v) is 1.91. The molecule has 0 radical (unpaired) electrons. The van der Waals surface area contributed by atoms with E-state index in [1.807, 2.05) is 58.9 Å². The Labute approximate surface area is 83.3 Å². The Morgan fingerprint density at radius 3 is 1.69 bits per heavy atom. The number of hydrogen-bond donors (Lipinski definition) is 0. The quantitative estimate of drug-likeness (QED) is 0.581. The van der Waals surface area contributed by atoms with E-state index in [1.54, 1.807) is 0 Å². The summed E-state index contributed by atoms with van der Waals surface area (Å²) in [5, 5.41) is 0. The van der Waals surface area contributed by atoms with Gasteiger partial charge in [-0.2, -0.15) is 0 Å². The van der Waals surface area contributed by atoms with Crippen LogP contribution in [0.25, 0.3) is 6.08 Å². The molecule has 0 fully saturated rings. The second kappa shape index (κ2) is 13.5. The predicted molar refractivity (Wildman–Crippen MR) is 63.8 cm³/mol. The van der Waals surface area contributed by atoms with Crippen molar-refractivity contribution in [2.75, 3.05) is 0 Å². The summed E-state index contributed by atoms with van der Waals surface area (Å²) < 4.78 is 0. The van der Waals surface area contributed by atoms with E-state index in [4.69, 9.17) is 0 Å². The maximum absolute atomic E-state index is 2.08. The van der Waals surface area contributed by atoms with E-state index < -0.39 is 0 Å². The van der Waals surface area contributed by atoms with Crippen molar-refractivity contribution < 1.29 is 0 Å². The first-order valence-corrected chi connectivity index (χ1v) is 5.11. The average Bonchev–Trinajstić information content (AvgIpc) is 2.26. The van der Waals surface area contributed by atoms with Crippen molar-refractivity contribution in [3.05, 3.63) is 42.0 Å². The number of rotatable bonds is 1. The molecule has 0 aliphatic rings. The fourth-order valence-corrected chi connectivity index (χ4v) is 0.757. The highest BCUT2D eigenvalue weighted by molar-refractivity contribution is 5.47.